The summed E-state index contributed by atoms with van der Waals surface area (Å²) in [5, 5.41) is 3.37. The third-order valence-corrected chi connectivity index (χ3v) is 2.21. The summed E-state index contributed by atoms with van der Waals surface area (Å²) in [5.74, 6) is 0.918. The molecule has 0 saturated heterocycles. The van der Waals surface area contributed by atoms with Crippen molar-refractivity contribution in [1.82, 2.24) is 0 Å². The van der Waals surface area contributed by atoms with Crippen molar-refractivity contribution in [2.45, 2.75) is 19.5 Å². The summed E-state index contributed by atoms with van der Waals surface area (Å²) in [4.78, 5) is 0. The van der Waals surface area contributed by atoms with Crippen molar-refractivity contribution in [1.29, 1.82) is 0 Å². The molecule has 70 valence electrons. The first-order valence-electron chi connectivity index (χ1n) is 4.52. The van der Waals surface area contributed by atoms with Crippen molar-refractivity contribution in [2.24, 2.45) is 5.73 Å². The zero-order valence-electron chi connectivity index (χ0n) is 7.71. The molecule has 0 spiro atoms. The van der Waals surface area contributed by atoms with Crippen molar-refractivity contribution < 1.29 is 4.74 Å². The summed E-state index contributed by atoms with van der Waals surface area (Å²) in [5.41, 5.74) is 7.80. The van der Waals surface area contributed by atoms with Gasteiger partial charge in [0, 0.05) is 6.54 Å². The first kappa shape index (κ1) is 8.38. The fourth-order valence-corrected chi connectivity index (χ4v) is 1.53. The highest BCUT2D eigenvalue weighted by Crippen LogP contribution is 2.31. The molecular weight excluding hydrogens is 164 g/mol. The number of nitrogens with one attached hydrogen (secondary N) is 1. The van der Waals surface area contributed by atoms with Crippen LogP contribution < -0.4 is 15.8 Å². The maximum atomic E-state index is 5.62. The minimum atomic E-state index is 0.361. The molecule has 3 N–H and O–H groups in total. The number of nitrogens with two attached hydrogens (primary N) is 1. The smallest absolute Gasteiger partial charge is 0.142 e. The van der Waals surface area contributed by atoms with Gasteiger partial charge in [0.05, 0.1) is 11.7 Å². The molecule has 1 aromatic carbocycles. The fourth-order valence-electron chi connectivity index (χ4n) is 1.53. The molecular formula is C10H14N2O. The molecule has 0 aliphatic carbocycles. The maximum Gasteiger partial charge on any atom is 0.142 e. The Morgan fingerprint density at radius 1 is 1.62 bits per heavy atom. The van der Waals surface area contributed by atoms with Crippen LogP contribution in [0.25, 0.3) is 0 Å². The van der Waals surface area contributed by atoms with Crippen LogP contribution in [0, 0.1) is 0 Å². The molecule has 1 aliphatic heterocycles. The summed E-state index contributed by atoms with van der Waals surface area (Å²) >= 11 is 0. The van der Waals surface area contributed by atoms with Crippen LogP contribution in [0.2, 0.25) is 0 Å². The van der Waals surface area contributed by atoms with E-state index in [1.807, 2.05) is 18.2 Å². The summed E-state index contributed by atoms with van der Waals surface area (Å²) in [6, 6.07) is 6.32. The molecule has 2 rings (SSSR count). The third kappa shape index (κ3) is 1.47. The second-order valence-corrected chi connectivity index (χ2v) is 3.35. The van der Waals surface area contributed by atoms with Crippen LogP contribution >= 0.6 is 0 Å². The number of anilines is 1. The lowest BCUT2D eigenvalue weighted by molar-refractivity contribution is 0.291. The summed E-state index contributed by atoms with van der Waals surface area (Å²) in [7, 11) is 0. The molecule has 1 unspecified atom stereocenters. The Morgan fingerprint density at radius 3 is 3.23 bits per heavy atom. The molecule has 0 bridgehead atoms. The van der Waals surface area contributed by atoms with E-state index in [9.17, 15) is 0 Å². The molecule has 0 fully saturated rings. The standard InChI is InChI=1S/C10H14N2O/c1-7-6-13-9-4-2-3-8(5-11)10(9)12-7/h2-4,7,12H,5-6,11H2,1H3. The summed E-state index contributed by atoms with van der Waals surface area (Å²) < 4.78 is 5.56. The number of para-hydroxylation sites is 1. The SMILES string of the molecule is CC1COc2cccc(CN)c2N1. The lowest BCUT2D eigenvalue weighted by Crippen LogP contribution is -2.29. The first-order chi connectivity index (χ1) is 6.31. The zero-order valence-corrected chi connectivity index (χ0v) is 7.71. The highest BCUT2D eigenvalue weighted by atomic mass is 16.5. The minimum Gasteiger partial charge on any atom is -0.489 e. The number of rotatable bonds is 1. The molecule has 3 heteroatoms. The molecule has 1 atom stereocenters. The van der Waals surface area contributed by atoms with E-state index in [0.29, 0.717) is 12.6 Å². The molecule has 1 aromatic rings. The van der Waals surface area contributed by atoms with Gasteiger partial charge in [0.25, 0.3) is 0 Å². The van der Waals surface area contributed by atoms with E-state index in [0.717, 1.165) is 23.6 Å². The van der Waals surface area contributed by atoms with Crippen molar-refractivity contribution in [3.63, 3.8) is 0 Å². The molecule has 0 radical (unpaired) electrons. The number of hydrogen-bond acceptors (Lipinski definition) is 3. The van der Waals surface area contributed by atoms with E-state index in [4.69, 9.17) is 10.5 Å². The molecule has 1 aliphatic rings. The molecule has 0 saturated carbocycles. The van der Waals surface area contributed by atoms with Crippen LogP contribution in [0.15, 0.2) is 18.2 Å². The van der Waals surface area contributed by atoms with E-state index in [-0.39, 0.29) is 0 Å². The average Bonchev–Trinajstić information content (AvgIpc) is 2.17. The predicted octanol–water partition coefficient (Wildman–Crippen LogP) is 1.34. The second kappa shape index (κ2) is 3.26. The topological polar surface area (TPSA) is 47.3 Å². The summed E-state index contributed by atoms with van der Waals surface area (Å²) in [6.07, 6.45) is 0. The van der Waals surface area contributed by atoms with Crippen LogP contribution in [-0.4, -0.2) is 12.6 Å². The predicted molar refractivity (Wildman–Crippen MR) is 52.9 cm³/mol. The molecule has 0 amide bonds. The summed E-state index contributed by atoms with van der Waals surface area (Å²) in [6.45, 7) is 3.36. The van der Waals surface area contributed by atoms with Crippen molar-refractivity contribution >= 4 is 5.69 Å². The highest BCUT2D eigenvalue weighted by molar-refractivity contribution is 5.63. The van der Waals surface area contributed by atoms with Crippen molar-refractivity contribution in [2.75, 3.05) is 11.9 Å². The van der Waals surface area contributed by atoms with Gasteiger partial charge in [-0.3, -0.25) is 0 Å². The van der Waals surface area contributed by atoms with Crippen LogP contribution in [-0.2, 0) is 6.54 Å². The second-order valence-electron chi connectivity index (χ2n) is 3.35. The van der Waals surface area contributed by atoms with Crippen molar-refractivity contribution in [3.8, 4) is 5.75 Å². The molecule has 1 heterocycles. The van der Waals surface area contributed by atoms with E-state index >= 15 is 0 Å². The van der Waals surface area contributed by atoms with E-state index < -0.39 is 0 Å². The maximum absolute atomic E-state index is 5.62. The Kier molecular flexibility index (Phi) is 2.10. The normalized spacial score (nSPS) is 20.0. The Morgan fingerprint density at radius 2 is 2.46 bits per heavy atom. The van der Waals surface area contributed by atoms with E-state index in [1.54, 1.807) is 0 Å². The van der Waals surface area contributed by atoms with Gasteiger partial charge in [-0.05, 0) is 18.6 Å². The van der Waals surface area contributed by atoms with Gasteiger partial charge in [0.2, 0.25) is 0 Å². The largest absolute Gasteiger partial charge is 0.489 e. The highest BCUT2D eigenvalue weighted by Gasteiger charge is 2.16. The van der Waals surface area contributed by atoms with E-state index in [1.165, 1.54) is 0 Å². The number of ether oxygens (including phenoxy) is 1. The zero-order chi connectivity index (χ0) is 9.26. The minimum absolute atomic E-state index is 0.361. The van der Waals surface area contributed by atoms with Gasteiger partial charge < -0.3 is 15.8 Å². The molecule has 3 nitrogen and oxygen atoms in total. The monoisotopic (exact) mass is 178 g/mol. The molecule has 13 heavy (non-hydrogen) atoms. The number of hydrogen-bond donors (Lipinski definition) is 2. The van der Waals surface area contributed by atoms with Crippen LogP contribution in [0.5, 0.6) is 5.75 Å². The van der Waals surface area contributed by atoms with E-state index in [2.05, 4.69) is 12.2 Å². The van der Waals surface area contributed by atoms with Crippen LogP contribution in [0.3, 0.4) is 0 Å². The fraction of sp³-hybridized carbons (Fsp3) is 0.400. The van der Waals surface area contributed by atoms with Crippen LogP contribution in [0.1, 0.15) is 12.5 Å². The first-order valence-corrected chi connectivity index (χ1v) is 4.52. The van der Waals surface area contributed by atoms with Gasteiger partial charge in [-0.1, -0.05) is 12.1 Å². The average molecular weight is 178 g/mol. The van der Waals surface area contributed by atoms with Gasteiger partial charge >= 0.3 is 0 Å². The van der Waals surface area contributed by atoms with Gasteiger partial charge in [-0.2, -0.15) is 0 Å². The third-order valence-electron chi connectivity index (χ3n) is 2.21. The van der Waals surface area contributed by atoms with Gasteiger partial charge in [-0.25, -0.2) is 0 Å². The van der Waals surface area contributed by atoms with Crippen molar-refractivity contribution in [3.05, 3.63) is 23.8 Å². The number of fused-ring (bicyclic) bond motifs is 1. The van der Waals surface area contributed by atoms with Gasteiger partial charge in [-0.15, -0.1) is 0 Å². The molecule has 0 aromatic heterocycles. The van der Waals surface area contributed by atoms with Crippen LogP contribution in [0.4, 0.5) is 5.69 Å². The van der Waals surface area contributed by atoms with Gasteiger partial charge in [0.15, 0.2) is 0 Å². The number of benzene rings is 1. The van der Waals surface area contributed by atoms with Gasteiger partial charge in [0.1, 0.15) is 12.4 Å². The lowest BCUT2D eigenvalue weighted by Gasteiger charge is -2.26. The lowest BCUT2D eigenvalue weighted by atomic mass is 10.1. The quantitative estimate of drug-likeness (QED) is 0.682. The Balaban J connectivity index is 2.41. The Labute approximate surface area is 77.9 Å². The Hall–Kier alpha value is -1.22. The Bertz CT molecular complexity index is 298.